The molecule has 1 unspecified atom stereocenters. The first kappa shape index (κ1) is 14.5. The van der Waals surface area contributed by atoms with E-state index < -0.39 is 0 Å². The molecule has 1 aliphatic carbocycles. The van der Waals surface area contributed by atoms with Gasteiger partial charge in [-0.2, -0.15) is 0 Å². The molecule has 0 spiro atoms. The van der Waals surface area contributed by atoms with Gasteiger partial charge in [0.1, 0.15) is 5.75 Å². The molecule has 1 aliphatic rings. The molecule has 0 radical (unpaired) electrons. The van der Waals surface area contributed by atoms with Gasteiger partial charge in [-0.15, -0.1) is 17.0 Å². The monoisotopic (exact) mass is 299 g/mol. The quantitative estimate of drug-likeness (QED) is 0.837. The van der Waals surface area contributed by atoms with E-state index in [9.17, 15) is 5.11 Å². The Labute approximate surface area is 114 Å². The average molecular weight is 300 g/mol. The van der Waals surface area contributed by atoms with Crippen LogP contribution in [0.15, 0.2) is 18.2 Å². The topological polar surface area (TPSA) is 32.3 Å². The van der Waals surface area contributed by atoms with Crippen LogP contribution >= 0.6 is 17.0 Å². The number of halogens is 1. The van der Waals surface area contributed by atoms with Gasteiger partial charge in [0.2, 0.25) is 0 Å². The maximum atomic E-state index is 9.47. The molecule has 0 fully saturated rings. The van der Waals surface area contributed by atoms with Crippen molar-refractivity contribution in [2.24, 2.45) is 0 Å². The summed E-state index contributed by atoms with van der Waals surface area (Å²) < 4.78 is 0. The van der Waals surface area contributed by atoms with Crippen LogP contribution in [0.3, 0.4) is 0 Å². The lowest BCUT2D eigenvalue weighted by molar-refractivity contribution is 0.446. The van der Waals surface area contributed by atoms with Crippen LogP contribution in [0.1, 0.15) is 37.3 Å². The SMILES string of the molecule is Br.CCCCNC1CCc2ccc(O)cc2C1. The van der Waals surface area contributed by atoms with Gasteiger partial charge in [-0.05, 0) is 55.5 Å². The van der Waals surface area contributed by atoms with Gasteiger partial charge in [0.15, 0.2) is 0 Å². The van der Waals surface area contributed by atoms with Crippen LogP contribution < -0.4 is 5.32 Å². The predicted molar refractivity (Wildman–Crippen MR) is 77.2 cm³/mol. The summed E-state index contributed by atoms with van der Waals surface area (Å²) in [4.78, 5) is 0. The molecular weight excluding hydrogens is 278 g/mol. The van der Waals surface area contributed by atoms with Crippen LogP contribution in [0.2, 0.25) is 0 Å². The lowest BCUT2D eigenvalue weighted by Crippen LogP contribution is -2.35. The van der Waals surface area contributed by atoms with Crippen LogP contribution in [0.25, 0.3) is 0 Å². The van der Waals surface area contributed by atoms with E-state index in [4.69, 9.17) is 0 Å². The van der Waals surface area contributed by atoms with Gasteiger partial charge in [-0.1, -0.05) is 19.4 Å². The number of phenolic OH excluding ortho intramolecular Hbond substituents is 1. The van der Waals surface area contributed by atoms with Crippen molar-refractivity contribution in [3.05, 3.63) is 29.3 Å². The molecule has 2 N–H and O–H groups in total. The first-order chi connectivity index (χ1) is 7.79. The van der Waals surface area contributed by atoms with Crippen molar-refractivity contribution in [1.29, 1.82) is 0 Å². The molecule has 1 aromatic carbocycles. The summed E-state index contributed by atoms with van der Waals surface area (Å²) >= 11 is 0. The number of benzene rings is 1. The van der Waals surface area contributed by atoms with E-state index in [1.807, 2.05) is 6.07 Å². The molecule has 3 heteroatoms. The Morgan fingerprint density at radius 1 is 1.35 bits per heavy atom. The third kappa shape index (κ3) is 4.00. The van der Waals surface area contributed by atoms with E-state index >= 15 is 0 Å². The Balaban J connectivity index is 0.00000144. The van der Waals surface area contributed by atoms with Gasteiger partial charge in [0.05, 0.1) is 0 Å². The van der Waals surface area contributed by atoms with Crippen molar-refractivity contribution in [3.63, 3.8) is 0 Å². The average Bonchev–Trinajstić information content (AvgIpc) is 2.29. The molecule has 0 amide bonds. The fourth-order valence-electron chi connectivity index (χ4n) is 2.40. The summed E-state index contributed by atoms with van der Waals surface area (Å²) in [6, 6.07) is 6.38. The molecule has 1 atom stereocenters. The summed E-state index contributed by atoms with van der Waals surface area (Å²) in [7, 11) is 0. The largest absolute Gasteiger partial charge is 0.508 e. The molecule has 96 valence electrons. The second-order valence-electron chi connectivity index (χ2n) is 4.70. The number of hydrogen-bond donors (Lipinski definition) is 2. The Morgan fingerprint density at radius 2 is 2.18 bits per heavy atom. The highest BCUT2D eigenvalue weighted by atomic mass is 79.9. The predicted octanol–water partition coefficient (Wildman–Crippen LogP) is 3.22. The first-order valence-corrected chi connectivity index (χ1v) is 6.33. The van der Waals surface area contributed by atoms with Crippen LogP contribution in [0, 0.1) is 0 Å². The number of hydrogen-bond acceptors (Lipinski definition) is 2. The van der Waals surface area contributed by atoms with Crippen molar-refractivity contribution in [1.82, 2.24) is 5.32 Å². The lowest BCUT2D eigenvalue weighted by atomic mass is 9.88. The molecule has 0 saturated carbocycles. The molecule has 1 aromatic rings. The Hall–Kier alpha value is -0.540. The van der Waals surface area contributed by atoms with Gasteiger partial charge in [0.25, 0.3) is 0 Å². The van der Waals surface area contributed by atoms with Crippen molar-refractivity contribution in [2.45, 2.75) is 45.1 Å². The van der Waals surface area contributed by atoms with Gasteiger partial charge in [-0.25, -0.2) is 0 Å². The lowest BCUT2D eigenvalue weighted by Gasteiger charge is -2.25. The van der Waals surface area contributed by atoms with Crippen molar-refractivity contribution in [3.8, 4) is 5.75 Å². The number of unbranched alkanes of at least 4 members (excludes halogenated alkanes) is 1. The number of nitrogens with one attached hydrogen (secondary N) is 1. The highest BCUT2D eigenvalue weighted by Crippen LogP contribution is 2.24. The first-order valence-electron chi connectivity index (χ1n) is 6.33. The summed E-state index contributed by atoms with van der Waals surface area (Å²) in [6.07, 6.45) is 5.93. The van der Waals surface area contributed by atoms with E-state index in [1.54, 1.807) is 6.07 Å². The normalized spacial score (nSPS) is 18.3. The zero-order valence-electron chi connectivity index (χ0n) is 10.4. The number of aromatic hydroxyl groups is 1. The van der Waals surface area contributed by atoms with Crippen molar-refractivity contribution >= 4 is 17.0 Å². The zero-order valence-corrected chi connectivity index (χ0v) is 12.1. The second-order valence-corrected chi connectivity index (χ2v) is 4.70. The number of phenols is 1. The van der Waals surface area contributed by atoms with Crippen LogP contribution in [-0.2, 0) is 12.8 Å². The van der Waals surface area contributed by atoms with Crippen molar-refractivity contribution < 1.29 is 5.11 Å². The molecule has 17 heavy (non-hydrogen) atoms. The summed E-state index contributed by atoms with van der Waals surface area (Å²) in [5.74, 6) is 0.396. The molecule has 0 heterocycles. The zero-order chi connectivity index (χ0) is 11.4. The molecule has 0 aliphatic heterocycles. The third-order valence-electron chi connectivity index (χ3n) is 3.38. The van der Waals surface area contributed by atoms with Gasteiger partial charge >= 0.3 is 0 Å². The van der Waals surface area contributed by atoms with E-state index in [1.165, 1.54) is 30.4 Å². The molecule has 0 aromatic heterocycles. The minimum absolute atomic E-state index is 0. The Bertz CT molecular complexity index is 354. The molecule has 2 rings (SSSR count). The third-order valence-corrected chi connectivity index (χ3v) is 3.38. The summed E-state index contributed by atoms with van der Waals surface area (Å²) in [6.45, 7) is 3.34. The highest BCUT2D eigenvalue weighted by Gasteiger charge is 2.17. The fraction of sp³-hybridized carbons (Fsp3) is 0.571. The van der Waals surface area contributed by atoms with E-state index in [0.29, 0.717) is 11.8 Å². The van der Waals surface area contributed by atoms with Gasteiger partial charge in [-0.3, -0.25) is 0 Å². The van der Waals surface area contributed by atoms with Crippen molar-refractivity contribution in [2.75, 3.05) is 6.54 Å². The van der Waals surface area contributed by atoms with Crippen LogP contribution in [0.5, 0.6) is 5.75 Å². The summed E-state index contributed by atoms with van der Waals surface area (Å²) in [5, 5.41) is 13.1. The van der Waals surface area contributed by atoms with E-state index in [-0.39, 0.29) is 17.0 Å². The van der Waals surface area contributed by atoms with Crippen LogP contribution in [-0.4, -0.2) is 17.7 Å². The maximum absolute atomic E-state index is 9.47. The maximum Gasteiger partial charge on any atom is 0.115 e. The minimum atomic E-state index is 0. The number of fused-ring (bicyclic) bond motifs is 1. The highest BCUT2D eigenvalue weighted by molar-refractivity contribution is 8.93. The number of rotatable bonds is 4. The van der Waals surface area contributed by atoms with Crippen LogP contribution in [0.4, 0.5) is 0 Å². The Kier molecular flexibility index (Phi) is 6.00. The molecule has 0 saturated heterocycles. The van der Waals surface area contributed by atoms with E-state index in [0.717, 1.165) is 19.4 Å². The summed E-state index contributed by atoms with van der Waals surface area (Å²) in [5.41, 5.74) is 2.73. The smallest absolute Gasteiger partial charge is 0.115 e. The minimum Gasteiger partial charge on any atom is -0.508 e. The molecule has 2 nitrogen and oxygen atoms in total. The van der Waals surface area contributed by atoms with Gasteiger partial charge < -0.3 is 10.4 Å². The molecule has 0 bridgehead atoms. The Morgan fingerprint density at radius 3 is 2.94 bits per heavy atom. The van der Waals surface area contributed by atoms with Gasteiger partial charge in [0, 0.05) is 6.04 Å². The second kappa shape index (κ2) is 7.02. The van der Waals surface area contributed by atoms with E-state index in [2.05, 4.69) is 18.3 Å². The standard InChI is InChI=1S/C14H21NO.BrH/c1-2-3-8-15-13-6-4-11-5-7-14(16)10-12(11)9-13;/h5,7,10,13,15-16H,2-4,6,8-9H2,1H3;1H. The number of aryl methyl sites for hydroxylation is 1. The molecular formula is C14H22BrNO. The fourth-order valence-corrected chi connectivity index (χ4v) is 2.40.